The molecule has 1 aliphatic rings. The van der Waals surface area contributed by atoms with Crippen molar-refractivity contribution in [2.24, 2.45) is 0 Å². The molecule has 160 valence electrons. The molecule has 1 aliphatic carbocycles. The molecule has 7 heteroatoms. The van der Waals surface area contributed by atoms with Crippen LogP contribution in [0.2, 0.25) is 0 Å². The second-order valence-electron chi connectivity index (χ2n) is 8.32. The summed E-state index contributed by atoms with van der Waals surface area (Å²) >= 11 is 0. The third kappa shape index (κ3) is 3.97. The number of aromatic nitrogens is 5. The van der Waals surface area contributed by atoms with Gasteiger partial charge in [0.15, 0.2) is 11.5 Å². The highest BCUT2D eigenvalue weighted by Crippen LogP contribution is 2.27. The number of nitrogens with zero attached hydrogens (tertiary/aromatic N) is 5. The van der Waals surface area contributed by atoms with Gasteiger partial charge in [0.05, 0.1) is 29.5 Å². The fourth-order valence-corrected chi connectivity index (χ4v) is 3.95. The number of hydrogen-bond donors (Lipinski definition) is 1. The van der Waals surface area contributed by atoms with Gasteiger partial charge in [-0.1, -0.05) is 25.8 Å². The lowest BCUT2D eigenvalue weighted by Crippen LogP contribution is -2.34. The molecule has 0 bridgehead atoms. The van der Waals surface area contributed by atoms with E-state index in [-0.39, 0.29) is 0 Å². The molecule has 1 saturated carbocycles. The fraction of sp³-hybridized carbons (Fsp3) is 0.417. The van der Waals surface area contributed by atoms with Crippen LogP contribution >= 0.6 is 0 Å². The lowest BCUT2D eigenvalue weighted by Gasteiger charge is -2.26. The number of unbranched alkanes of at least 4 members (excludes halogenated alkanes) is 1. The molecular formula is C24H28N6O. The van der Waals surface area contributed by atoms with E-state index >= 15 is 0 Å². The Morgan fingerprint density at radius 3 is 2.87 bits per heavy atom. The van der Waals surface area contributed by atoms with Crippen molar-refractivity contribution in [3.8, 4) is 17.1 Å². The minimum absolute atomic E-state index is 0.652. The molecule has 3 aromatic heterocycles. The van der Waals surface area contributed by atoms with Gasteiger partial charge in [-0.25, -0.2) is 4.98 Å². The highest BCUT2D eigenvalue weighted by atomic mass is 16.5. The Balaban J connectivity index is 1.56. The Hall–Kier alpha value is -3.06. The van der Waals surface area contributed by atoms with Gasteiger partial charge in [0.2, 0.25) is 0 Å². The van der Waals surface area contributed by atoms with E-state index in [2.05, 4.69) is 50.0 Å². The van der Waals surface area contributed by atoms with Gasteiger partial charge in [0, 0.05) is 24.3 Å². The largest absolute Gasteiger partial charge is 0.492 e. The molecule has 3 heterocycles. The van der Waals surface area contributed by atoms with Gasteiger partial charge < -0.3 is 10.1 Å². The second-order valence-corrected chi connectivity index (χ2v) is 8.32. The first kappa shape index (κ1) is 19.9. The first-order valence-electron chi connectivity index (χ1n) is 11.2. The first-order chi connectivity index (χ1) is 15.2. The van der Waals surface area contributed by atoms with Crippen molar-refractivity contribution >= 4 is 16.7 Å². The number of fused-ring (bicyclic) bond motifs is 3. The summed E-state index contributed by atoms with van der Waals surface area (Å²) in [5.41, 5.74) is 5.68. The van der Waals surface area contributed by atoms with Crippen molar-refractivity contribution in [3.63, 3.8) is 0 Å². The number of hydrogen-bond acceptors (Lipinski definition) is 6. The SMILES string of the molecule is CCCCOc1cncc(-c2nnc3c(C)nc4ccc(CNC5CCC5)cc4n23)c1. The van der Waals surface area contributed by atoms with Gasteiger partial charge >= 0.3 is 0 Å². The Morgan fingerprint density at radius 2 is 2.06 bits per heavy atom. The van der Waals surface area contributed by atoms with Crippen LogP contribution in [0.5, 0.6) is 5.75 Å². The standard InChI is InChI=1S/C24H28N6O/c1-3-4-10-31-20-12-18(14-25-15-20)24-29-28-23-16(2)27-21-9-8-17(11-22(21)30(23)24)13-26-19-6-5-7-19/h8-9,11-12,14-15,19,26H,3-7,10,13H2,1-2H3. The third-order valence-corrected chi connectivity index (χ3v) is 5.99. The van der Waals surface area contributed by atoms with Crippen molar-refractivity contribution in [2.75, 3.05) is 6.61 Å². The van der Waals surface area contributed by atoms with Gasteiger partial charge in [-0.2, -0.15) is 0 Å². The van der Waals surface area contributed by atoms with Gasteiger partial charge in [0.25, 0.3) is 0 Å². The molecule has 0 unspecified atom stereocenters. The lowest BCUT2D eigenvalue weighted by atomic mass is 9.93. The molecule has 7 nitrogen and oxygen atoms in total. The molecule has 0 saturated heterocycles. The summed E-state index contributed by atoms with van der Waals surface area (Å²) in [6.45, 7) is 5.67. The highest BCUT2D eigenvalue weighted by Gasteiger charge is 2.18. The molecule has 1 aromatic carbocycles. The molecule has 1 N–H and O–H groups in total. The van der Waals surface area contributed by atoms with Crippen molar-refractivity contribution in [1.29, 1.82) is 0 Å². The van der Waals surface area contributed by atoms with E-state index in [1.54, 1.807) is 6.20 Å². The van der Waals surface area contributed by atoms with Crippen LogP contribution in [0.25, 0.3) is 28.1 Å². The van der Waals surface area contributed by atoms with Crippen molar-refractivity contribution < 1.29 is 4.74 Å². The minimum atomic E-state index is 0.652. The van der Waals surface area contributed by atoms with Gasteiger partial charge in [-0.15, -0.1) is 10.2 Å². The van der Waals surface area contributed by atoms with Gasteiger partial charge in [-0.05, 0) is 49.9 Å². The van der Waals surface area contributed by atoms with E-state index in [1.807, 2.05) is 19.2 Å². The van der Waals surface area contributed by atoms with Gasteiger partial charge in [-0.3, -0.25) is 9.38 Å². The number of rotatable bonds is 8. The molecule has 0 radical (unpaired) electrons. The quantitative estimate of drug-likeness (QED) is 0.427. The zero-order chi connectivity index (χ0) is 21.2. The predicted octanol–water partition coefficient (Wildman–Crippen LogP) is 4.47. The monoisotopic (exact) mass is 416 g/mol. The van der Waals surface area contributed by atoms with E-state index in [4.69, 9.17) is 9.72 Å². The zero-order valence-corrected chi connectivity index (χ0v) is 18.1. The molecule has 1 fully saturated rings. The molecule has 5 rings (SSSR count). The van der Waals surface area contributed by atoms with E-state index < -0.39 is 0 Å². The summed E-state index contributed by atoms with van der Waals surface area (Å²) in [7, 11) is 0. The van der Waals surface area contributed by atoms with E-state index in [0.29, 0.717) is 12.6 Å². The molecule has 0 spiro atoms. The van der Waals surface area contributed by atoms with Gasteiger partial charge in [0.1, 0.15) is 5.75 Å². The lowest BCUT2D eigenvalue weighted by molar-refractivity contribution is 0.308. The Labute approximate surface area is 181 Å². The summed E-state index contributed by atoms with van der Waals surface area (Å²) < 4.78 is 7.95. The fourth-order valence-electron chi connectivity index (χ4n) is 3.95. The number of nitrogens with one attached hydrogen (secondary N) is 1. The normalized spacial score (nSPS) is 14.3. The zero-order valence-electron chi connectivity index (χ0n) is 18.1. The summed E-state index contributed by atoms with van der Waals surface area (Å²) in [4.78, 5) is 9.14. The van der Waals surface area contributed by atoms with Crippen LogP contribution in [-0.2, 0) is 6.54 Å². The van der Waals surface area contributed by atoms with Crippen LogP contribution in [0, 0.1) is 6.92 Å². The second kappa shape index (κ2) is 8.59. The average Bonchev–Trinajstić information content (AvgIpc) is 3.20. The number of benzene rings is 1. The van der Waals surface area contributed by atoms with Crippen molar-refractivity contribution in [1.82, 2.24) is 29.9 Å². The smallest absolute Gasteiger partial charge is 0.183 e. The number of pyridine rings is 1. The van der Waals surface area contributed by atoms with Crippen LogP contribution in [0.4, 0.5) is 0 Å². The van der Waals surface area contributed by atoms with E-state index in [0.717, 1.165) is 58.9 Å². The summed E-state index contributed by atoms with van der Waals surface area (Å²) in [6, 6.07) is 9.08. The van der Waals surface area contributed by atoms with E-state index in [1.165, 1.54) is 24.8 Å². The molecule has 31 heavy (non-hydrogen) atoms. The predicted molar refractivity (Wildman–Crippen MR) is 121 cm³/mol. The van der Waals surface area contributed by atoms with E-state index in [9.17, 15) is 0 Å². The maximum absolute atomic E-state index is 5.86. The van der Waals surface area contributed by atoms with Crippen molar-refractivity contribution in [3.05, 3.63) is 47.9 Å². The van der Waals surface area contributed by atoms with Crippen LogP contribution in [0.1, 0.15) is 50.3 Å². The van der Waals surface area contributed by atoms with Crippen LogP contribution in [0.15, 0.2) is 36.7 Å². The highest BCUT2D eigenvalue weighted by molar-refractivity contribution is 5.81. The maximum Gasteiger partial charge on any atom is 0.183 e. The third-order valence-electron chi connectivity index (χ3n) is 5.99. The molecule has 4 aromatic rings. The van der Waals surface area contributed by atoms with Crippen LogP contribution in [0.3, 0.4) is 0 Å². The first-order valence-corrected chi connectivity index (χ1v) is 11.2. The van der Waals surface area contributed by atoms with Crippen molar-refractivity contribution in [2.45, 2.75) is 58.5 Å². The summed E-state index contributed by atoms with van der Waals surface area (Å²) in [5, 5.41) is 12.6. The van der Waals surface area contributed by atoms with Crippen LogP contribution in [-0.4, -0.2) is 37.2 Å². The molecule has 0 atom stereocenters. The molecule has 0 aliphatic heterocycles. The Morgan fingerprint density at radius 1 is 1.16 bits per heavy atom. The number of ether oxygens (including phenoxy) is 1. The molecule has 0 amide bonds. The summed E-state index contributed by atoms with van der Waals surface area (Å²) in [5.74, 6) is 1.51. The number of aryl methyl sites for hydroxylation is 1. The van der Waals surface area contributed by atoms with Crippen LogP contribution < -0.4 is 10.1 Å². The molecular weight excluding hydrogens is 388 g/mol. The minimum Gasteiger partial charge on any atom is -0.492 e. The summed E-state index contributed by atoms with van der Waals surface area (Å²) in [6.07, 6.45) is 9.56. The maximum atomic E-state index is 5.86. The topological polar surface area (TPSA) is 77.2 Å². The average molecular weight is 417 g/mol. The Bertz CT molecular complexity index is 1210. The Kier molecular flexibility index (Phi) is 5.51.